The zero-order valence-corrected chi connectivity index (χ0v) is 14.9. The summed E-state index contributed by atoms with van der Waals surface area (Å²) in [5.41, 5.74) is 0.125. The number of hydrogen-bond acceptors (Lipinski definition) is 6. The Hall–Kier alpha value is -3.08. The molecule has 0 bridgehead atoms. The number of methoxy groups -OCH3 is 1. The quantitative estimate of drug-likeness (QED) is 0.362. The Bertz CT molecular complexity index is 748. The minimum absolute atomic E-state index is 0.0633. The molecule has 1 aliphatic carbocycles. The van der Waals surface area contributed by atoms with Gasteiger partial charge in [-0.25, -0.2) is 0 Å². The van der Waals surface area contributed by atoms with Gasteiger partial charge in [0.2, 0.25) is 0 Å². The lowest BCUT2D eigenvalue weighted by Crippen LogP contribution is -2.39. The topological polar surface area (TPSA) is 108 Å². The van der Waals surface area contributed by atoms with Crippen LogP contribution in [0.2, 0.25) is 0 Å². The van der Waals surface area contributed by atoms with E-state index in [1.54, 1.807) is 11.9 Å². The van der Waals surface area contributed by atoms with Gasteiger partial charge in [-0.3, -0.25) is 14.9 Å². The van der Waals surface area contributed by atoms with Gasteiger partial charge in [0.1, 0.15) is 17.4 Å². The van der Waals surface area contributed by atoms with Crippen molar-refractivity contribution < 1.29 is 14.5 Å². The van der Waals surface area contributed by atoms with Gasteiger partial charge in [-0.1, -0.05) is 19.3 Å². The van der Waals surface area contributed by atoms with Gasteiger partial charge in [0.25, 0.3) is 11.6 Å². The van der Waals surface area contributed by atoms with Crippen LogP contribution in [0.5, 0.6) is 5.75 Å². The number of ether oxygens (including phenoxy) is 1. The lowest BCUT2D eigenvalue weighted by Gasteiger charge is -2.31. The number of benzene rings is 1. The summed E-state index contributed by atoms with van der Waals surface area (Å²) in [6, 6.07) is 6.11. The van der Waals surface area contributed by atoms with Crippen molar-refractivity contribution in [2.45, 2.75) is 38.1 Å². The van der Waals surface area contributed by atoms with Crippen LogP contribution in [0.1, 0.15) is 32.1 Å². The lowest BCUT2D eigenvalue weighted by atomic mass is 9.94. The highest BCUT2D eigenvalue weighted by Gasteiger charge is 2.24. The summed E-state index contributed by atoms with van der Waals surface area (Å²) in [6.45, 7) is 0. The Balaban J connectivity index is 2.18. The summed E-state index contributed by atoms with van der Waals surface area (Å²) in [6.07, 6.45) is 6.48. The number of likely N-dealkylation sites (N-methyl/N-ethyl adjacent to an activating group) is 1. The molecule has 0 aromatic heterocycles. The van der Waals surface area contributed by atoms with Gasteiger partial charge in [0.05, 0.1) is 17.7 Å². The van der Waals surface area contributed by atoms with Crippen molar-refractivity contribution in [3.05, 3.63) is 40.1 Å². The normalized spacial score (nSPS) is 15.0. The Morgan fingerprint density at radius 2 is 2.12 bits per heavy atom. The number of hydrogen-bond donors (Lipinski definition) is 1. The first-order valence-electron chi connectivity index (χ1n) is 8.44. The molecule has 0 radical (unpaired) electrons. The number of nitro groups is 1. The molecule has 0 aliphatic heterocycles. The maximum absolute atomic E-state index is 12.6. The van der Waals surface area contributed by atoms with E-state index >= 15 is 0 Å². The van der Waals surface area contributed by atoms with E-state index in [0.717, 1.165) is 25.7 Å². The van der Waals surface area contributed by atoms with Crippen LogP contribution >= 0.6 is 0 Å². The van der Waals surface area contributed by atoms with E-state index < -0.39 is 4.92 Å². The molecule has 1 N–H and O–H groups in total. The third-order valence-electron chi connectivity index (χ3n) is 4.56. The van der Waals surface area contributed by atoms with E-state index in [1.807, 2.05) is 6.07 Å². The van der Waals surface area contributed by atoms with Crippen LogP contribution in [0.25, 0.3) is 0 Å². The fourth-order valence-corrected chi connectivity index (χ4v) is 3.04. The molecule has 0 spiro atoms. The molecule has 8 heteroatoms. The average molecular weight is 358 g/mol. The van der Waals surface area contributed by atoms with Crippen molar-refractivity contribution in [3.63, 3.8) is 0 Å². The number of nitro benzene ring substituents is 1. The highest BCUT2D eigenvalue weighted by Crippen LogP contribution is 2.29. The first kappa shape index (κ1) is 19.2. The van der Waals surface area contributed by atoms with Crippen molar-refractivity contribution in [1.29, 1.82) is 5.26 Å². The van der Waals surface area contributed by atoms with Crippen molar-refractivity contribution in [3.8, 4) is 11.8 Å². The Labute approximate surface area is 152 Å². The number of nitrogens with zero attached hydrogens (tertiary/aromatic N) is 3. The number of carbonyl (C=O) groups is 1. The summed E-state index contributed by atoms with van der Waals surface area (Å²) >= 11 is 0. The molecular weight excluding hydrogens is 336 g/mol. The average Bonchev–Trinajstić information content (AvgIpc) is 2.68. The summed E-state index contributed by atoms with van der Waals surface area (Å²) in [4.78, 5) is 24.6. The minimum atomic E-state index is -0.526. The molecule has 26 heavy (non-hydrogen) atoms. The maximum Gasteiger partial charge on any atom is 0.271 e. The van der Waals surface area contributed by atoms with E-state index in [4.69, 9.17) is 4.74 Å². The summed E-state index contributed by atoms with van der Waals surface area (Å²) in [7, 11) is 3.14. The third-order valence-corrected chi connectivity index (χ3v) is 4.56. The van der Waals surface area contributed by atoms with Gasteiger partial charge in [-0.15, -0.1) is 0 Å². The molecule has 0 unspecified atom stereocenters. The van der Waals surface area contributed by atoms with E-state index in [1.165, 1.54) is 37.9 Å². The predicted octanol–water partition coefficient (Wildman–Crippen LogP) is 3.21. The second-order valence-electron chi connectivity index (χ2n) is 6.16. The summed E-state index contributed by atoms with van der Waals surface area (Å²) < 4.78 is 5.16. The molecule has 0 atom stereocenters. The number of nitrogens with one attached hydrogen (secondary N) is 1. The third kappa shape index (κ3) is 4.51. The molecule has 1 aliphatic rings. The van der Waals surface area contributed by atoms with Crippen LogP contribution in [0.3, 0.4) is 0 Å². The molecule has 0 heterocycles. The van der Waals surface area contributed by atoms with E-state index in [0.29, 0.717) is 11.4 Å². The molecule has 1 aromatic rings. The zero-order valence-electron chi connectivity index (χ0n) is 14.9. The molecule has 1 saturated carbocycles. The van der Waals surface area contributed by atoms with Gasteiger partial charge in [-0.05, 0) is 18.9 Å². The molecule has 1 amide bonds. The number of carbonyl (C=O) groups excluding carboxylic acids is 1. The fourth-order valence-electron chi connectivity index (χ4n) is 3.04. The lowest BCUT2D eigenvalue weighted by molar-refractivity contribution is -0.384. The van der Waals surface area contributed by atoms with Crippen molar-refractivity contribution in [2.24, 2.45) is 0 Å². The predicted molar refractivity (Wildman–Crippen MR) is 96.6 cm³/mol. The standard InChI is InChI=1S/C18H22N4O4/c1-21(14-6-4-3-5-7-14)18(23)13(11-19)12-20-16-10-15(22(24)25)8-9-17(16)26-2/h8-10,12,14,20H,3-7H2,1-2H3/b13-12-. The van der Waals surface area contributed by atoms with Crippen LogP contribution < -0.4 is 10.1 Å². The van der Waals surface area contributed by atoms with Gasteiger partial charge in [0, 0.05) is 31.4 Å². The largest absolute Gasteiger partial charge is 0.495 e. The second-order valence-corrected chi connectivity index (χ2v) is 6.16. The Morgan fingerprint density at radius 1 is 1.42 bits per heavy atom. The summed E-state index contributed by atoms with van der Waals surface area (Å²) in [5, 5.41) is 23.1. The first-order valence-corrected chi connectivity index (χ1v) is 8.44. The molecule has 8 nitrogen and oxygen atoms in total. The highest BCUT2D eigenvalue weighted by molar-refractivity contribution is 5.97. The monoisotopic (exact) mass is 358 g/mol. The van der Waals surface area contributed by atoms with E-state index in [9.17, 15) is 20.2 Å². The first-order chi connectivity index (χ1) is 12.5. The molecule has 2 rings (SSSR count). The molecule has 138 valence electrons. The SMILES string of the molecule is COc1ccc([N+](=O)[O-])cc1N/C=C(/C#N)C(=O)N(C)C1CCCCC1. The Kier molecular flexibility index (Phi) is 6.55. The fraction of sp³-hybridized carbons (Fsp3) is 0.444. The minimum Gasteiger partial charge on any atom is -0.495 e. The van der Waals surface area contributed by atoms with Crippen LogP contribution in [-0.4, -0.2) is 35.9 Å². The molecular formula is C18H22N4O4. The van der Waals surface area contributed by atoms with Gasteiger partial charge >= 0.3 is 0 Å². The highest BCUT2D eigenvalue weighted by atomic mass is 16.6. The van der Waals surface area contributed by atoms with Gasteiger partial charge < -0.3 is 15.0 Å². The van der Waals surface area contributed by atoms with Crippen LogP contribution in [-0.2, 0) is 4.79 Å². The maximum atomic E-state index is 12.6. The zero-order chi connectivity index (χ0) is 19.1. The number of amides is 1. The second kappa shape index (κ2) is 8.85. The smallest absolute Gasteiger partial charge is 0.271 e. The number of rotatable bonds is 6. The molecule has 1 fully saturated rings. The number of anilines is 1. The number of non-ortho nitro benzene ring substituents is 1. The van der Waals surface area contributed by atoms with Crippen molar-refractivity contribution >= 4 is 17.3 Å². The van der Waals surface area contributed by atoms with E-state index in [2.05, 4.69) is 5.32 Å². The number of nitriles is 1. The van der Waals surface area contributed by atoms with Crippen molar-refractivity contribution in [2.75, 3.05) is 19.5 Å². The van der Waals surface area contributed by atoms with Gasteiger partial charge in [-0.2, -0.15) is 5.26 Å². The van der Waals surface area contributed by atoms with Gasteiger partial charge in [0.15, 0.2) is 0 Å². The molecule has 0 saturated heterocycles. The van der Waals surface area contributed by atoms with Crippen LogP contribution in [0.4, 0.5) is 11.4 Å². The van der Waals surface area contributed by atoms with Crippen LogP contribution in [0, 0.1) is 21.4 Å². The summed E-state index contributed by atoms with van der Waals surface area (Å²) in [5.74, 6) is 0.00789. The van der Waals surface area contributed by atoms with Crippen molar-refractivity contribution in [1.82, 2.24) is 4.90 Å². The van der Waals surface area contributed by atoms with Crippen LogP contribution in [0.15, 0.2) is 30.0 Å². The molecule has 1 aromatic carbocycles. The van der Waals surface area contributed by atoms with E-state index in [-0.39, 0.29) is 23.2 Å². The Morgan fingerprint density at radius 3 is 2.69 bits per heavy atom.